The van der Waals surface area contributed by atoms with Crippen LogP contribution in [0.15, 0.2) is 48.5 Å². The molecule has 0 aliphatic heterocycles. The number of carboxylic acids is 1. The number of carboxylic acid groups (broad SMARTS) is 1. The van der Waals surface area contributed by atoms with E-state index in [1.54, 1.807) is 12.1 Å². The molecule has 0 heterocycles. The molecule has 0 unspecified atom stereocenters. The number of benzene rings is 2. The van der Waals surface area contributed by atoms with Gasteiger partial charge in [-0.3, -0.25) is 0 Å². The van der Waals surface area contributed by atoms with Crippen molar-refractivity contribution >= 4 is 40.6 Å². The Kier molecular flexibility index (Phi) is 10.5. The third-order valence-electron chi connectivity index (χ3n) is 5.13. The smallest absolute Gasteiger partial charge is 0.408 e. The van der Waals surface area contributed by atoms with Crippen molar-refractivity contribution in [2.45, 2.75) is 43.8 Å². The zero-order valence-corrected chi connectivity index (χ0v) is 20.3. The highest BCUT2D eigenvalue weighted by Crippen LogP contribution is 2.17. The van der Waals surface area contributed by atoms with Crippen LogP contribution in [0.1, 0.15) is 47.3 Å². The van der Waals surface area contributed by atoms with Gasteiger partial charge in [0.1, 0.15) is 12.6 Å². The van der Waals surface area contributed by atoms with Gasteiger partial charge < -0.3 is 19.9 Å². The first-order chi connectivity index (χ1) is 15.3. The molecule has 0 fully saturated rings. The lowest BCUT2D eigenvalue weighted by Gasteiger charge is -2.22. The molecule has 0 aliphatic carbocycles. The first-order valence-electron chi connectivity index (χ1n) is 10.4. The SMILES string of the molecule is CC[C@H](C)[C@H](NC(=O)OCc1ccccc1)C(=O)OCCc1ccc(C(=O)O)c(CI)c1. The summed E-state index contributed by atoms with van der Waals surface area (Å²) in [6.45, 7) is 4.03. The maximum Gasteiger partial charge on any atom is 0.408 e. The Morgan fingerprint density at radius 3 is 2.41 bits per heavy atom. The predicted octanol–water partition coefficient (Wildman–Crippen LogP) is 4.75. The number of alkyl halides is 1. The van der Waals surface area contributed by atoms with Gasteiger partial charge in [-0.2, -0.15) is 0 Å². The molecule has 172 valence electrons. The minimum Gasteiger partial charge on any atom is -0.478 e. The van der Waals surface area contributed by atoms with Crippen molar-refractivity contribution in [2.24, 2.45) is 5.92 Å². The van der Waals surface area contributed by atoms with Crippen molar-refractivity contribution < 1.29 is 29.0 Å². The Morgan fingerprint density at radius 2 is 1.78 bits per heavy atom. The highest BCUT2D eigenvalue weighted by atomic mass is 127. The van der Waals surface area contributed by atoms with Gasteiger partial charge in [0.2, 0.25) is 0 Å². The fourth-order valence-electron chi connectivity index (χ4n) is 3.04. The maximum absolute atomic E-state index is 12.6. The molecule has 0 saturated heterocycles. The second-order valence-corrected chi connectivity index (χ2v) is 8.18. The highest BCUT2D eigenvalue weighted by Gasteiger charge is 2.28. The zero-order chi connectivity index (χ0) is 23.5. The van der Waals surface area contributed by atoms with Gasteiger partial charge >= 0.3 is 18.0 Å². The van der Waals surface area contributed by atoms with Crippen LogP contribution < -0.4 is 5.32 Å². The Bertz CT molecular complexity index is 918. The average Bonchev–Trinajstić information content (AvgIpc) is 2.80. The molecule has 0 aromatic heterocycles. The molecule has 32 heavy (non-hydrogen) atoms. The lowest BCUT2D eigenvalue weighted by molar-refractivity contribution is -0.147. The summed E-state index contributed by atoms with van der Waals surface area (Å²) >= 11 is 2.12. The number of carbonyl (C=O) groups excluding carboxylic acids is 2. The van der Waals surface area contributed by atoms with Gasteiger partial charge in [-0.1, -0.05) is 85.3 Å². The van der Waals surface area contributed by atoms with Crippen LogP contribution in [-0.4, -0.2) is 35.8 Å². The van der Waals surface area contributed by atoms with E-state index in [-0.39, 0.29) is 24.7 Å². The van der Waals surface area contributed by atoms with Gasteiger partial charge in [0.05, 0.1) is 12.2 Å². The number of hydrogen-bond donors (Lipinski definition) is 2. The topological polar surface area (TPSA) is 102 Å². The van der Waals surface area contributed by atoms with E-state index in [1.807, 2.05) is 50.2 Å². The first kappa shape index (κ1) is 25.6. The molecule has 0 spiro atoms. The van der Waals surface area contributed by atoms with Gasteiger partial charge in [-0.05, 0) is 28.7 Å². The number of rotatable bonds is 11. The lowest BCUT2D eigenvalue weighted by atomic mass is 9.99. The minimum atomic E-state index is -0.962. The molecule has 7 nitrogen and oxygen atoms in total. The first-order valence-corrected chi connectivity index (χ1v) is 11.9. The van der Waals surface area contributed by atoms with Crippen molar-refractivity contribution in [1.29, 1.82) is 0 Å². The highest BCUT2D eigenvalue weighted by molar-refractivity contribution is 14.1. The van der Waals surface area contributed by atoms with Crippen LogP contribution in [0, 0.1) is 5.92 Å². The average molecular weight is 553 g/mol. The van der Waals surface area contributed by atoms with Gasteiger partial charge in [0, 0.05) is 10.8 Å². The number of ether oxygens (including phenoxy) is 2. The number of nitrogens with one attached hydrogen (secondary N) is 1. The van der Waals surface area contributed by atoms with Crippen LogP contribution in [0.3, 0.4) is 0 Å². The number of alkyl carbamates (subject to hydrolysis) is 1. The maximum atomic E-state index is 12.6. The van der Waals surface area contributed by atoms with Crippen molar-refractivity contribution in [2.75, 3.05) is 6.61 Å². The number of aromatic carboxylic acids is 1. The van der Waals surface area contributed by atoms with E-state index in [4.69, 9.17) is 9.47 Å². The summed E-state index contributed by atoms with van der Waals surface area (Å²) in [4.78, 5) is 36.1. The second kappa shape index (κ2) is 13.0. The summed E-state index contributed by atoms with van der Waals surface area (Å²) < 4.78 is 11.2. The van der Waals surface area contributed by atoms with Gasteiger partial charge in [0.15, 0.2) is 0 Å². The number of halogens is 1. The molecule has 0 radical (unpaired) electrons. The van der Waals surface area contributed by atoms with Crippen LogP contribution in [0.5, 0.6) is 0 Å². The van der Waals surface area contributed by atoms with Crippen molar-refractivity contribution in [3.05, 3.63) is 70.8 Å². The Hall–Kier alpha value is -2.62. The molecule has 2 rings (SSSR count). The van der Waals surface area contributed by atoms with Gasteiger partial charge in [-0.25, -0.2) is 14.4 Å². The summed E-state index contributed by atoms with van der Waals surface area (Å²) in [5.74, 6) is -1.62. The van der Waals surface area contributed by atoms with E-state index >= 15 is 0 Å². The predicted molar refractivity (Wildman–Crippen MR) is 129 cm³/mol. The molecule has 2 atom stereocenters. The summed E-state index contributed by atoms with van der Waals surface area (Å²) in [5, 5.41) is 11.9. The van der Waals surface area contributed by atoms with Crippen molar-refractivity contribution in [3.8, 4) is 0 Å². The van der Waals surface area contributed by atoms with Crippen molar-refractivity contribution in [1.82, 2.24) is 5.32 Å². The van der Waals surface area contributed by atoms with E-state index in [2.05, 4.69) is 27.9 Å². The number of hydrogen-bond acceptors (Lipinski definition) is 5. The largest absolute Gasteiger partial charge is 0.478 e. The Labute approximate surface area is 201 Å². The lowest BCUT2D eigenvalue weighted by Crippen LogP contribution is -2.46. The van der Waals surface area contributed by atoms with Crippen LogP contribution in [-0.2, 0) is 31.7 Å². The molecular formula is C24H28INO6. The summed E-state index contributed by atoms with van der Waals surface area (Å²) in [6.07, 6.45) is 0.446. The summed E-state index contributed by atoms with van der Waals surface area (Å²) in [6, 6.07) is 13.6. The van der Waals surface area contributed by atoms with Crippen LogP contribution in [0.4, 0.5) is 4.79 Å². The van der Waals surface area contributed by atoms with E-state index in [0.29, 0.717) is 17.3 Å². The fraction of sp³-hybridized carbons (Fsp3) is 0.375. The third-order valence-corrected chi connectivity index (χ3v) is 5.95. The van der Waals surface area contributed by atoms with E-state index in [1.165, 1.54) is 0 Å². The molecule has 2 N–H and O–H groups in total. The molecule has 8 heteroatoms. The number of esters is 1. The Balaban J connectivity index is 1.90. The molecule has 1 amide bonds. The van der Waals surface area contributed by atoms with Crippen molar-refractivity contribution in [3.63, 3.8) is 0 Å². The fourth-order valence-corrected chi connectivity index (χ4v) is 3.67. The monoisotopic (exact) mass is 553 g/mol. The molecule has 2 aromatic rings. The zero-order valence-electron chi connectivity index (χ0n) is 18.2. The van der Waals surface area contributed by atoms with Gasteiger partial charge in [0.25, 0.3) is 0 Å². The number of carbonyl (C=O) groups is 3. The number of amides is 1. The molecular weight excluding hydrogens is 525 g/mol. The van der Waals surface area contributed by atoms with Crippen LogP contribution in [0.2, 0.25) is 0 Å². The van der Waals surface area contributed by atoms with E-state index in [9.17, 15) is 19.5 Å². The molecule has 2 aromatic carbocycles. The third kappa shape index (κ3) is 7.81. The van der Waals surface area contributed by atoms with Gasteiger partial charge in [-0.15, -0.1) is 0 Å². The van der Waals surface area contributed by atoms with Crippen LogP contribution >= 0.6 is 22.6 Å². The van der Waals surface area contributed by atoms with E-state index in [0.717, 1.165) is 16.7 Å². The Morgan fingerprint density at radius 1 is 1.06 bits per heavy atom. The minimum absolute atomic E-state index is 0.112. The quantitative estimate of drug-likeness (QED) is 0.237. The summed E-state index contributed by atoms with van der Waals surface area (Å²) in [7, 11) is 0. The molecule has 0 bridgehead atoms. The standard InChI is InChI=1S/C24H28INO6/c1-3-16(2)21(26-24(30)32-15-18-7-5-4-6-8-18)23(29)31-12-11-17-9-10-20(22(27)28)19(13-17)14-25/h4-10,13,16,21H,3,11-12,14-15H2,1-2H3,(H,26,30)(H,27,28)/t16-,21-/m0/s1. The van der Waals surface area contributed by atoms with Crippen LogP contribution in [0.25, 0.3) is 0 Å². The second-order valence-electron chi connectivity index (χ2n) is 7.42. The summed E-state index contributed by atoms with van der Waals surface area (Å²) in [5.41, 5.74) is 2.73. The normalized spacial score (nSPS) is 12.5. The van der Waals surface area contributed by atoms with E-state index < -0.39 is 24.1 Å². The molecule has 0 saturated carbocycles. The molecule has 0 aliphatic rings.